The van der Waals surface area contributed by atoms with Crippen molar-refractivity contribution >= 4 is 33.6 Å². The molecule has 92 valence electrons. The number of alkyl halides is 1. The van der Waals surface area contributed by atoms with E-state index in [1.165, 1.54) is 0 Å². The van der Waals surface area contributed by atoms with E-state index in [4.69, 9.17) is 5.73 Å². The minimum absolute atomic E-state index is 0.102. The maximum atomic E-state index is 11.1. The van der Waals surface area contributed by atoms with Crippen molar-refractivity contribution in [3.8, 4) is 0 Å². The van der Waals surface area contributed by atoms with Crippen molar-refractivity contribution in [2.45, 2.75) is 6.42 Å². The molecule has 3 N–H and O–H groups in total. The van der Waals surface area contributed by atoms with E-state index in [-0.39, 0.29) is 17.8 Å². The van der Waals surface area contributed by atoms with Crippen molar-refractivity contribution in [3.63, 3.8) is 0 Å². The summed E-state index contributed by atoms with van der Waals surface area (Å²) in [5.41, 5.74) is 6.57. The second-order valence-corrected chi connectivity index (χ2v) is 3.86. The van der Waals surface area contributed by atoms with Crippen LogP contribution in [0.15, 0.2) is 24.3 Å². The van der Waals surface area contributed by atoms with E-state index in [9.17, 15) is 9.59 Å². The highest BCUT2D eigenvalue weighted by Gasteiger charge is 2.00. The SMILES string of the molecule is NC(=O)OCCc1ccc(NC(=O)CBr)cc1. The molecule has 0 aliphatic rings. The molecule has 0 spiro atoms. The van der Waals surface area contributed by atoms with Crippen molar-refractivity contribution in [1.82, 2.24) is 0 Å². The Morgan fingerprint density at radius 2 is 1.94 bits per heavy atom. The van der Waals surface area contributed by atoms with Crippen LogP contribution in [0.4, 0.5) is 10.5 Å². The van der Waals surface area contributed by atoms with Gasteiger partial charge in [-0.15, -0.1) is 0 Å². The highest BCUT2D eigenvalue weighted by atomic mass is 79.9. The Kier molecular flexibility index (Phi) is 5.48. The number of primary amides is 1. The quantitative estimate of drug-likeness (QED) is 0.811. The fraction of sp³-hybridized carbons (Fsp3) is 0.273. The maximum absolute atomic E-state index is 11.1. The van der Waals surface area contributed by atoms with Crippen LogP contribution in [0.25, 0.3) is 0 Å². The van der Waals surface area contributed by atoms with Crippen LogP contribution < -0.4 is 11.1 Å². The molecular weight excluding hydrogens is 288 g/mol. The van der Waals surface area contributed by atoms with E-state index in [1.54, 1.807) is 12.1 Å². The van der Waals surface area contributed by atoms with Crippen LogP contribution in [-0.2, 0) is 16.0 Å². The van der Waals surface area contributed by atoms with Gasteiger partial charge in [0.1, 0.15) is 0 Å². The molecule has 5 nitrogen and oxygen atoms in total. The zero-order chi connectivity index (χ0) is 12.7. The second-order valence-electron chi connectivity index (χ2n) is 3.30. The van der Waals surface area contributed by atoms with Crippen molar-refractivity contribution < 1.29 is 14.3 Å². The number of carbonyl (C=O) groups excluding carboxylic acids is 2. The van der Waals surface area contributed by atoms with Gasteiger partial charge in [0, 0.05) is 12.1 Å². The molecule has 0 saturated carbocycles. The number of ether oxygens (including phenoxy) is 1. The number of nitrogens with one attached hydrogen (secondary N) is 1. The first-order chi connectivity index (χ1) is 8.11. The first kappa shape index (κ1) is 13.5. The third kappa shape index (κ3) is 5.35. The summed E-state index contributed by atoms with van der Waals surface area (Å²) in [6, 6.07) is 7.29. The predicted molar refractivity (Wildman–Crippen MR) is 68.1 cm³/mol. The molecule has 0 aliphatic carbocycles. The summed E-state index contributed by atoms with van der Waals surface area (Å²) in [6.45, 7) is 0.252. The first-order valence-electron chi connectivity index (χ1n) is 4.99. The largest absolute Gasteiger partial charge is 0.449 e. The fourth-order valence-corrected chi connectivity index (χ4v) is 1.36. The third-order valence-electron chi connectivity index (χ3n) is 1.99. The number of amides is 2. The molecule has 0 atom stereocenters. The predicted octanol–water partition coefficient (Wildman–Crippen LogP) is 1.66. The second kappa shape index (κ2) is 6.90. The molecular formula is C11H13BrN2O3. The summed E-state index contributed by atoms with van der Waals surface area (Å²) < 4.78 is 4.62. The van der Waals surface area contributed by atoms with E-state index in [2.05, 4.69) is 26.0 Å². The molecule has 17 heavy (non-hydrogen) atoms. The standard InChI is InChI=1S/C11H13BrN2O3/c12-7-10(15)14-9-3-1-8(2-4-9)5-6-17-11(13)16/h1-4H,5-7H2,(H2,13,16)(H,14,15). The smallest absolute Gasteiger partial charge is 0.404 e. The van der Waals surface area contributed by atoms with Gasteiger partial charge in [0.05, 0.1) is 11.9 Å². The van der Waals surface area contributed by atoms with Gasteiger partial charge in [0.15, 0.2) is 0 Å². The van der Waals surface area contributed by atoms with Gasteiger partial charge in [-0.1, -0.05) is 28.1 Å². The van der Waals surface area contributed by atoms with Crippen LogP contribution in [0.3, 0.4) is 0 Å². The summed E-state index contributed by atoms with van der Waals surface area (Å²) in [5.74, 6) is -0.102. The lowest BCUT2D eigenvalue weighted by atomic mass is 10.1. The van der Waals surface area contributed by atoms with Crippen LogP contribution in [0.5, 0.6) is 0 Å². The Hall–Kier alpha value is -1.56. The molecule has 1 rings (SSSR count). The molecule has 1 aromatic carbocycles. The average molecular weight is 301 g/mol. The molecule has 2 amide bonds. The summed E-state index contributed by atoms with van der Waals surface area (Å²) in [5, 5.41) is 2.97. The number of anilines is 1. The van der Waals surface area contributed by atoms with E-state index >= 15 is 0 Å². The molecule has 6 heteroatoms. The zero-order valence-electron chi connectivity index (χ0n) is 9.11. The summed E-state index contributed by atoms with van der Waals surface area (Å²) >= 11 is 3.06. The average Bonchev–Trinajstić information content (AvgIpc) is 2.31. The molecule has 0 heterocycles. The lowest BCUT2D eigenvalue weighted by molar-refractivity contribution is -0.113. The van der Waals surface area contributed by atoms with Gasteiger partial charge in [0.25, 0.3) is 0 Å². The minimum Gasteiger partial charge on any atom is -0.449 e. The van der Waals surface area contributed by atoms with Crippen LogP contribution in [-0.4, -0.2) is 23.9 Å². The van der Waals surface area contributed by atoms with E-state index in [1.807, 2.05) is 12.1 Å². The van der Waals surface area contributed by atoms with Crippen LogP contribution in [0.1, 0.15) is 5.56 Å². The van der Waals surface area contributed by atoms with Crippen molar-refractivity contribution in [3.05, 3.63) is 29.8 Å². The van der Waals surface area contributed by atoms with Crippen molar-refractivity contribution in [2.24, 2.45) is 5.73 Å². The number of hydrogen-bond donors (Lipinski definition) is 2. The van der Waals surface area contributed by atoms with E-state index < -0.39 is 6.09 Å². The number of nitrogens with two attached hydrogens (primary N) is 1. The Morgan fingerprint density at radius 1 is 1.29 bits per heavy atom. The fourth-order valence-electron chi connectivity index (χ4n) is 1.22. The lowest BCUT2D eigenvalue weighted by Crippen LogP contribution is -2.14. The molecule has 0 unspecified atom stereocenters. The molecule has 1 aromatic rings. The highest BCUT2D eigenvalue weighted by Crippen LogP contribution is 2.10. The Balaban J connectivity index is 2.44. The summed E-state index contributed by atoms with van der Waals surface area (Å²) in [4.78, 5) is 21.4. The topological polar surface area (TPSA) is 81.4 Å². The number of hydrogen-bond acceptors (Lipinski definition) is 3. The monoisotopic (exact) mass is 300 g/mol. The molecule has 0 bridgehead atoms. The first-order valence-corrected chi connectivity index (χ1v) is 6.11. The Bertz CT molecular complexity index is 392. The summed E-state index contributed by atoms with van der Waals surface area (Å²) in [7, 11) is 0. The van der Waals surface area contributed by atoms with Gasteiger partial charge in [0.2, 0.25) is 5.91 Å². The summed E-state index contributed by atoms with van der Waals surface area (Å²) in [6.07, 6.45) is -0.179. The van der Waals surface area contributed by atoms with Gasteiger partial charge >= 0.3 is 6.09 Å². The minimum atomic E-state index is -0.772. The van der Waals surface area contributed by atoms with Crippen molar-refractivity contribution in [1.29, 1.82) is 0 Å². The normalized spacial score (nSPS) is 9.71. The number of benzene rings is 1. The highest BCUT2D eigenvalue weighted by molar-refractivity contribution is 9.09. The van der Waals surface area contributed by atoms with Crippen LogP contribution in [0, 0.1) is 0 Å². The van der Waals surface area contributed by atoms with Crippen LogP contribution >= 0.6 is 15.9 Å². The van der Waals surface area contributed by atoms with Gasteiger partial charge < -0.3 is 15.8 Å². The number of rotatable bonds is 5. The maximum Gasteiger partial charge on any atom is 0.404 e. The molecule has 0 aromatic heterocycles. The van der Waals surface area contributed by atoms with E-state index in [0.717, 1.165) is 11.3 Å². The number of halogens is 1. The van der Waals surface area contributed by atoms with E-state index in [0.29, 0.717) is 6.42 Å². The van der Waals surface area contributed by atoms with Crippen LogP contribution in [0.2, 0.25) is 0 Å². The van der Waals surface area contributed by atoms with Crippen molar-refractivity contribution in [2.75, 3.05) is 17.3 Å². The molecule has 0 saturated heterocycles. The van der Waals surface area contributed by atoms with Gasteiger partial charge in [-0.2, -0.15) is 0 Å². The Morgan fingerprint density at radius 3 is 2.47 bits per heavy atom. The molecule has 0 fully saturated rings. The van der Waals surface area contributed by atoms with Gasteiger partial charge in [-0.3, -0.25) is 4.79 Å². The molecule has 0 radical (unpaired) electrons. The zero-order valence-corrected chi connectivity index (χ0v) is 10.7. The van der Waals surface area contributed by atoms with Gasteiger partial charge in [-0.25, -0.2) is 4.79 Å². The molecule has 0 aliphatic heterocycles. The number of carbonyl (C=O) groups is 2. The Labute approximate surface area is 107 Å². The van der Waals surface area contributed by atoms with Gasteiger partial charge in [-0.05, 0) is 17.7 Å². The third-order valence-corrected chi connectivity index (χ3v) is 2.50. The lowest BCUT2D eigenvalue weighted by Gasteiger charge is -2.05.